The summed E-state index contributed by atoms with van der Waals surface area (Å²) in [5, 5.41) is 21.5. The Bertz CT molecular complexity index is 1030. The van der Waals surface area contributed by atoms with Crippen LogP contribution in [-0.2, 0) is 13.1 Å². The molecule has 0 amide bonds. The predicted molar refractivity (Wildman–Crippen MR) is 109 cm³/mol. The summed E-state index contributed by atoms with van der Waals surface area (Å²) < 4.78 is 7.36. The molecule has 2 heterocycles. The van der Waals surface area contributed by atoms with Crippen molar-refractivity contribution in [3.8, 4) is 11.5 Å². The van der Waals surface area contributed by atoms with E-state index in [1.165, 1.54) is 13.2 Å². The lowest BCUT2D eigenvalue weighted by Gasteiger charge is -2.30. The van der Waals surface area contributed by atoms with Crippen LogP contribution in [-0.4, -0.2) is 33.2 Å². The second-order valence-electron chi connectivity index (χ2n) is 7.21. The zero-order valence-electron chi connectivity index (χ0n) is 16.2. The van der Waals surface area contributed by atoms with Gasteiger partial charge in [-0.3, -0.25) is 15.0 Å². The minimum absolute atomic E-state index is 0.0897. The number of ether oxygens (including phenoxy) is 1. The van der Waals surface area contributed by atoms with Crippen LogP contribution in [0.3, 0.4) is 0 Å². The van der Waals surface area contributed by atoms with Gasteiger partial charge in [0, 0.05) is 43.7 Å². The summed E-state index contributed by atoms with van der Waals surface area (Å²) in [4.78, 5) is 13.3. The maximum atomic E-state index is 11.3. The fourth-order valence-corrected chi connectivity index (χ4v) is 4.07. The molecule has 0 saturated heterocycles. The maximum absolute atomic E-state index is 11.3. The fourth-order valence-electron chi connectivity index (χ4n) is 4.07. The van der Waals surface area contributed by atoms with E-state index in [4.69, 9.17) is 4.74 Å². The SMILES string of the molecule is COc1ccc(CN2CCCn3cccc3C2c2cccc([N+](=O)[O-])c2)cc1O. The van der Waals surface area contributed by atoms with E-state index in [2.05, 4.69) is 21.7 Å². The molecule has 150 valence electrons. The van der Waals surface area contributed by atoms with Gasteiger partial charge in [-0.25, -0.2) is 0 Å². The molecule has 1 N–H and O–H groups in total. The third-order valence-corrected chi connectivity index (χ3v) is 5.38. The van der Waals surface area contributed by atoms with Crippen molar-refractivity contribution in [3.63, 3.8) is 0 Å². The highest BCUT2D eigenvalue weighted by atomic mass is 16.6. The molecule has 7 nitrogen and oxygen atoms in total. The molecule has 4 rings (SSSR count). The van der Waals surface area contributed by atoms with E-state index in [1.54, 1.807) is 24.3 Å². The first-order valence-electron chi connectivity index (χ1n) is 9.56. The van der Waals surface area contributed by atoms with Gasteiger partial charge in [0.05, 0.1) is 18.1 Å². The van der Waals surface area contributed by atoms with Crippen molar-refractivity contribution in [1.29, 1.82) is 0 Å². The van der Waals surface area contributed by atoms with Gasteiger partial charge in [-0.1, -0.05) is 18.2 Å². The number of nitrogens with zero attached hydrogens (tertiary/aromatic N) is 3. The van der Waals surface area contributed by atoms with Crippen molar-refractivity contribution in [1.82, 2.24) is 9.47 Å². The van der Waals surface area contributed by atoms with Gasteiger partial charge < -0.3 is 14.4 Å². The molecule has 1 aromatic heterocycles. The van der Waals surface area contributed by atoms with Crippen molar-refractivity contribution in [2.45, 2.75) is 25.6 Å². The number of aromatic hydroxyl groups is 1. The van der Waals surface area contributed by atoms with E-state index in [1.807, 2.05) is 18.2 Å². The largest absolute Gasteiger partial charge is 0.504 e. The second kappa shape index (κ2) is 7.97. The molecular formula is C22H23N3O4. The first-order chi connectivity index (χ1) is 14.1. The van der Waals surface area contributed by atoms with Gasteiger partial charge in [-0.2, -0.15) is 0 Å². The third-order valence-electron chi connectivity index (χ3n) is 5.38. The number of aromatic nitrogens is 1. The number of methoxy groups -OCH3 is 1. The molecule has 1 unspecified atom stereocenters. The van der Waals surface area contributed by atoms with Crippen LogP contribution in [0.5, 0.6) is 11.5 Å². The molecule has 0 fully saturated rings. The zero-order chi connectivity index (χ0) is 20.4. The van der Waals surface area contributed by atoms with Crippen molar-refractivity contribution in [2.75, 3.05) is 13.7 Å². The van der Waals surface area contributed by atoms with Gasteiger partial charge in [-0.05, 0) is 41.8 Å². The summed E-state index contributed by atoms with van der Waals surface area (Å²) >= 11 is 0. The lowest BCUT2D eigenvalue weighted by Crippen LogP contribution is -2.29. The van der Waals surface area contributed by atoms with Gasteiger partial charge in [0.1, 0.15) is 0 Å². The number of aryl methyl sites for hydroxylation is 1. The lowest BCUT2D eigenvalue weighted by atomic mass is 10.0. The summed E-state index contributed by atoms with van der Waals surface area (Å²) in [6.45, 7) is 2.34. The van der Waals surface area contributed by atoms with Gasteiger partial charge >= 0.3 is 0 Å². The molecule has 0 radical (unpaired) electrons. The number of hydrogen-bond acceptors (Lipinski definition) is 5. The lowest BCUT2D eigenvalue weighted by molar-refractivity contribution is -0.384. The van der Waals surface area contributed by atoms with Crippen molar-refractivity contribution in [3.05, 3.63) is 87.7 Å². The average molecular weight is 393 g/mol. The Morgan fingerprint density at radius 2 is 2.03 bits per heavy atom. The summed E-state index contributed by atoms with van der Waals surface area (Å²) in [5.74, 6) is 0.545. The summed E-state index contributed by atoms with van der Waals surface area (Å²) in [7, 11) is 1.52. The smallest absolute Gasteiger partial charge is 0.269 e. The first kappa shape index (κ1) is 19.0. The van der Waals surface area contributed by atoms with Crippen LogP contribution < -0.4 is 4.74 Å². The average Bonchev–Trinajstić information content (AvgIpc) is 3.09. The highest BCUT2D eigenvalue weighted by Crippen LogP contribution is 2.35. The topological polar surface area (TPSA) is 80.8 Å². The highest BCUT2D eigenvalue weighted by molar-refractivity contribution is 5.42. The minimum Gasteiger partial charge on any atom is -0.504 e. The Morgan fingerprint density at radius 3 is 2.79 bits per heavy atom. The predicted octanol–water partition coefficient (Wildman–Crippen LogP) is 4.11. The van der Waals surface area contributed by atoms with E-state index in [0.29, 0.717) is 12.3 Å². The normalized spacial score (nSPS) is 16.8. The van der Waals surface area contributed by atoms with Crippen LogP contribution in [0.15, 0.2) is 60.8 Å². The molecule has 1 aliphatic rings. The van der Waals surface area contributed by atoms with Crippen LogP contribution in [0, 0.1) is 10.1 Å². The molecule has 0 saturated carbocycles. The second-order valence-corrected chi connectivity index (χ2v) is 7.21. The van der Waals surface area contributed by atoms with Gasteiger partial charge in [-0.15, -0.1) is 0 Å². The van der Waals surface area contributed by atoms with Crippen LogP contribution in [0.2, 0.25) is 0 Å². The molecular weight excluding hydrogens is 370 g/mol. The molecule has 1 atom stereocenters. The minimum atomic E-state index is -0.356. The van der Waals surface area contributed by atoms with Crippen molar-refractivity contribution < 1.29 is 14.8 Å². The Labute approximate surface area is 168 Å². The number of non-ortho nitro benzene ring substituents is 1. The first-order valence-corrected chi connectivity index (χ1v) is 9.56. The zero-order valence-corrected chi connectivity index (χ0v) is 16.2. The Hall–Kier alpha value is -3.32. The van der Waals surface area contributed by atoms with Crippen LogP contribution >= 0.6 is 0 Å². The number of fused-ring (bicyclic) bond motifs is 1. The number of benzene rings is 2. The van der Waals surface area contributed by atoms with Crippen LogP contribution in [0.4, 0.5) is 5.69 Å². The molecule has 1 aliphatic heterocycles. The maximum Gasteiger partial charge on any atom is 0.269 e. The molecule has 7 heteroatoms. The van der Waals surface area contributed by atoms with Gasteiger partial charge in [0.15, 0.2) is 11.5 Å². The monoisotopic (exact) mass is 393 g/mol. The third kappa shape index (κ3) is 3.82. The highest BCUT2D eigenvalue weighted by Gasteiger charge is 2.28. The Balaban J connectivity index is 1.74. The molecule has 0 spiro atoms. The van der Waals surface area contributed by atoms with E-state index in [9.17, 15) is 15.2 Å². The Morgan fingerprint density at radius 1 is 1.17 bits per heavy atom. The number of hydrogen-bond donors (Lipinski definition) is 1. The summed E-state index contributed by atoms with van der Waals surface area (Å²) in [6.07, 6.45) is 3.03. The van der Waals surface area contributed by atoms with Crippen LogP contribution in [0.1, 0.15) is 29.3 Å². The quantitative estimate of drug-likeness (QED) is 0.521. The van der Waals surface area contributed by atoms with E-state index in [-0.39, 0.29) is 22.4 Å². The number of phenols is 1. The van der Waals surface area contributed by atoms with Crippen molar-refractivity contribution >= 4 is 5.69 Å². The standard InChI is InChI=1S/C22H23N3O4/c1-29-21-9-8-16(13-20(21)26)15-24-12-4-11-23-10-3-7-19(23)22(24)17-5-2-6-18(14-17)25(27)28/h2-3,5-10,13-14,22,26H,4,11-12,15H2,1H3. The molecule has 29 heavy (non-hydrogen) atoms. The number of rotatable bonds is 5. The fraction of sp³-hybridized carbons (Fsp3) is 0.273. The molecule has 2 aromatic carbocycles. The van der Waals surface area contributed by atoms with Gasteiger partial charge in [0.2, 0.25) is 0 Å². The molecule has 0 aliphatic carbocycles. The van der Waals surface area contributed by atoms with Crippen molar-refractivity contribution in [2.24, 2.45) is 0 Å². The summed E-state index contributed by atoms with van der Waals surface area (Å²) in [6, 6.07) is 16.2. The van der Waals surface area contributed by atoms with E-state index < -0.39 is 0 Å². The van der Waals surface area contributed by atoms with E-state index >= 15 is 0 Å². The molecule has 0 bridgehead atoms. The Kier molecular flexibility index (Phi) is 5.22. The van der Waals surface area contributed by atoms with Gasteiger partial charge in [0.25, 0.3) is 5.69 Å². The van der Waals surface area contributed by atoms with E-state index in [0.717, 1.165) is 36.3 Å². The van der Waals surface area contributed by atoms with Crippen LogP contribution in [0.25, 0.3) is 0 Å². The number of nitro benzene ring substituents is 1. The molecule has 3 aromatic rings. The number of nitro groups is 1. The number of phenolic OH excluding ortho intramolecular Hbond substituents is 1. The summed E-state index contributed by atoms with van der Waals surface area (Å²) in [5.41, 5.74) is 3.05.